The number of hydrogen-bond acceptors (Lipinski definition) is 2. The van der Waals surface area contributed by atoms with Gasteiger partial charge in [-0.15, -0.1) is 0 Å². The van der Waals surface area contributed by atoms with Gasteiger partial charge >= 0.3 is 5.97 Å². The van der Waals surface area contributed by atoms with Crippen LogP contribution in [0.3, 0.4) is 0 Å². The van der Waals surface area contributed by atoms with Gasteiger partial charge in [0.1, 0.15) is 11.0 Å². The summed E-state index contributed by atoms with van der Waals surface area (Å²) in [5.74, 6) is 0.0470. The molecule has 0 fully saturated rings. The average Bonchev–Trinajstić information content (AvgIpc) is 3.13. The molecule has 3 aromatic rings. The van der Waals surface area contributed by atoms with Crippen molar-refractivity contribution < 1.29 is 9.53 Å². The van der Waals surface area contributed by atoms with Gasteiger partial charge in [0.15, 0.2) is 9.60 Å². The first-order chi connectivity index (χ1) is 13.0. The number of rotatable bonds is 4. The summed E-state index contributed by atoms with van der Waals surface area (Å²) in [6, 6.07) is 18.5. The number of carbonyl (C=O) groups is 1. The fraction of sp³-hybridized carbons (Fsp3) is 0.292. The van der Waals surface area contributed by atoms with Crippen LogP contribution < -0.4 is 0 Å². The van der Waals surface area contributed by atoms with Gasteiger partial charge in [-0.25, -0.2) is 4.79 Å². The molecule has 0 N–H and O–H groups in total. The Hall–Kier alpha value is -2.39. The molecule has 4 rings (SSSR count). The maximum Gasteiger partial charge on any atom is 0.338 e. The molecule has 1 aliphatic carbocycles. The summed E-state index contributed by atoms with van der Waals surface area (Å²) in [6.07, 6.45) is 7.76. The van der Waals surface area contributed by atoms with Gasteiger partial charge in [0, 0.05) is 33.9 Å². The molecule has 1 aliphatic rings. The van der Waals surface area contributed by atoms with E-state index in [-0.39, 0.29) is 22.4 Å². The minimum absolute atomic E-state index is 0.119. The van der Waals surface area contributed by atoms with Crippen molar-refractivity contribution in [2.45, 2.75) is 38.7 Å². The van der Waals surface area contributed by atoms with Crippen molar-refractivity contribution in [3.05, 3.63) is 77.7 Å². The second kappa shape index (κ2) is 7.32. The number of benzene rings is 2. The standard InChI is InChI=1S/C24H25O2S/c1-24(2,20-11-4-3-5-12-20)26-23(25)19-10-8-13-21(17-19)27-16-15-18-9-6-7-14-22(18)27/h4,6-11,13-17,20H,3,5,12H2,1-2H3/q+1. The summed E-state index contributed by atoms with van der Waals surface area (Å²) in [5, 5.41) is 3.49. The first kappa shape index (κ1) is 18.0. The number of fused-ring (bicyclic) bond motifs is 1. The van der Waals surface area contributed by atoms with Crippen LogP contribution in [0.25, 0.3) is 15.0 Å². The Morgan fingerprint density at radius 2 is 1.96 bits per heavy atom. The third-order valence-corrected chi connectivity index (χ3v) is 7.38. The highest BCUT2D eigenvalue weighted by molar-refractivity contribution is 7.43. The lowest BCUT2D eigenvalue weighted by Crippen LogP contribution is -2.36. The van der Waals surface area contributed by atoms with E-state index < -0.39 is 5.60 Å². The van der Waals surface area contributed by atoms with Crippen LogP contribution in [0, 0.1) is 5.92 Å². The first-order valence-corrected chi connectivity index (χ1v) is 10.8. The number of hydrogen-bond donors (Lipinski definition) is 0. The van der Waals surface area contributed by atoms with E-state index in [1.165, 1.54) is 10.1 Å². The molecule has 0 saturated heterocycles. The zero-order valence-electron chi connectivity index (χ0n) is 15.9. The topological polar surface area (TPSA) is 26.3 Å². The summed E-state index contributed by atoms with van der Waals surface area (Å²) in [6.45, 7) is 4.04. The number of thiophene rings is 1. The Morgan fingerprint density at radius 3 is 2.78 bits per heavy atom. The highest BCUT2D eigenvalue weighted by Crippen LogP contribution is 2.40. The van der Waals surface area contributed by atoms with Gasteiger partial charge in [-0.05, 0) is 57.4 Å². The normalized spacial score (nSPS) is 17.9. The summed E-state index contributed by atoms with van der Waals surface area (Å²) in [5.41, 5.74) is 0.136. The van der Waals surface area contributed by atoms with E-state index in [2.05, 4.69) is 53.9 Å². The van der Waals surface area contributed by atoms with E-state index in [1.807, 2.05) is 32.0 Å². The van der Waals surface area contributed by atoms with E-state index in [0.717, 1.165) is 24.2 Å². The Labute approximate surface area is 163 Å². The second-order valence-corrected chi connectivity index (χ2v) is 9.52. The number of carbonyl (C=O) groups excluding carboxylic acids is 1. The summed E-state index contributed by atoms with van der Waals surface area (Å²) in [4.78, 5) is 14.0. The average molecular weight is 378 g/mol. The predicted octanol–water partition coefficient (Wildman–Crippen LogP) is 6.87. The molecule has 2 nitrogen and oxygen atoms in total. The van der Waals surface area contributed by atoms with Gasteiger partial charge in [-0.2, -0.15) is 0 Å². The van der Waals surface area contributed by atoms with Crippen LogP contribution >= 0.6 is 10.5 Å². The molecular formula is C24H25O2S+. The van der Waals surface area contributed by atoms with Gasteiger partial charge in [-0.3, -0.25) is 0 Å². The van der Waals surface area contributed by atoms with Crippen molar-refractivity contribution in [3.8, 4) is 4.90 Å². The molecule has 2 atom stereocenters. The second-order valence-electron chi connectivity index (χ2n) is 7.66. The van der Waals surface area contributed by atoms with Crippen LogP contribution in [0.4, 0.5) is 0 Å². The van der Waals surface area contributed by atoms with Crippen molar-refractivity contribution in [2.75, 3.05) is 0 Å². The molecule has 0 amide bonds. The van der Waals surface area contributed by atoms with Crippen LogP contribution in [-0.2, 0) is 4.74 Å². The summed E-state index contributed by atoms with van der Waals surface area (Å²) >= 11 is 0. The minimum Gasteiger partial charge on any atom is -0.455 e. The van der Waals surface area contributed by atoms with Crippen LogP contribution in [0.15, 0.2) is 72.1 Å². The Kier molecular flexibility index (Phi) is 4.88. The van der Waals surface area contributed by atoms with E-state index in [1.54, 1.807) is 0 Å². The molecule has 1 aromatic heterocycles. The molecular weight excluding hydrogens is 352 g/mol. The van der Waals surface area contributed by atoms with Crippen molar-refractivity contribution in [1.82, 2.24) is 0 Å². The minimum atomic E-state index is -0.494. The van der Waals surface area contributed by atoms with Crippen LogP contribution in [0.5, 0.6) is 0 Å². The van der Waals surface area contributed by atoms with Crippen molar-refractivity contribution in [2.24, 2.45) is 5.92 Å². The predicted molar refractivity (Wildman–Crippen MR) is 114 cm³/mol. The number of allylic oxidation sites excluding steroid dienone is 1. The molecule has 0 bridgehead atoms. The third kappa shape index (κ3) is 3.70. The maximum absolute atomic E-state index is 12.9. The molecule has 0 aliphatic heterocycles. The fourth-order valence-corrected chi connectivity index (χ4v) is 5.70. The zero-order valence-corrected chi connectivity index (χ0v) is 16.7. The van der Waals surface area contributed by atoms with Crippen LogP contribution in [0.1, 0.15) is 43.5 Å². The number of ether oxygens (including phenoxy) is 1. The lowest BCUT2D eigenvalue weighted by molar-refractivity contribution is -0.0225. The van der Waals surface area contributed by atoms with E-state index in [4.69, 9.17) is 4.74 Å². The molecule has 138 valence electrons. The van der Waals surface area contributed by atoms with Gasteiger partial charge in [0.05, 0.1) is 5.56 Å². The van der Waals surface area contributed by atoms with Gasteiger partial charge in [0.2, 0.25) is 0 Å². The monoisotopic (exact) mass is 377 g/mol. The Morgan fingerprint density at radius 1 is 1.11 bits per heavy atom. The fourth-order valence-electron chi connectivity index (χ4n) is 3.76. The number of esters is 1. The van der Waals surface area contributed by atoms with Gasteiger partial charge < -0.3 is 4.74 Å². The van der Waals surface area contributed by atoms with Crippen LogP contribution in [-0.4, -0.2) is 11.6 Å². The zero-order chi connectivity index (χ0) is 18.9. The van der Waals surface area contributed by atoms with Gasteiger partial charge in [0.25, 0.3) is 0 Å². The third-order valence-electron chi connectivity index (χ3n) is 5.37. The molecule has 0 radical (unpaired) electrons. The molecule has 2 unspecified atom stereocenters. The molecule has 1 heterocycles. The Bertz CT molecular complexity index is 996. The molecule has 0 saturated carbocycles. The highest BCUT2D eigenvalue weighted by atomic mass is 32.2. The van der Waals surface area contributed by atoms with Crippen molar-refractivity contribution in [3.63, 3.8) is 0 Å². The molecule has 2 aromatic carbocycles. The molecule has 3 heteroatoms. The van der Waals surface area contributed by atoms with E-state index in [0.29, 0.717) is 5.56 Å². The Balaban J connectivity index is 1.59. The summed E-state index contributed by atoms with van der Waals surface area (Å²) < 4.78 is 7.26. The van der Waals surface area contributed by atoms with Gasteiger partial charge in [-0.1, -0.05) is 30.4 Å². The smallest absolute Gasteiger partial charge is 0.338 e. The molecule has 0 spiro atoms. The molecule has 27 heavy (non-hydrogen) atoms. The van der Waals surface area contributed by atoms with Crippen molar-refractivity contribution >= 4 is 26.5 Å². The van der Waals surface area contributed by atoms with E-state index in [9.17, 15) is 4.79 Å². The quantitative estimate of drug-likeness (QED) is 0.282. The summed E-state index contributed by atoms with van der Waals surface area (Å²) in [7, 11) is -0.119. The first-order valence-electron chi connectivity index (χ1n) is 9.55. The lowest BCUT2D eigenvalue weighted by atomic mass is 9.83. The largest absolute Gasteiger partial charge is 0.455 e. The lowest BCUT2D eigenvalue weighted by Gasteiger charge is -2.33. The highest BCUT2D eigenvalue weighted by Gasteiger charge is 2.33. The van der Waals surface area contributed by atoms with Crippen LogP contribution in [0.2, 0.25) is 0 Å². The SMILES string of the molecule is CC(C)(OC(=O)c1cccc(-[s+]2ccc3ccccc32)c1)C1C=CCCC1. The maximum atomic E-state index is 12.9. The van der Waals surface area contributed by atoms with Crippen molar-refractivity contribution in [1.29, 1.82) is 0 Å². The van der Waals surface area contributed by atoms with E-state index >= 15 is 0 Å².